The van der Waals surface area contributed by atoms with Crippen molar-refractivity contribution in [3.63, 3.8) is 0 Å². The van der Waals surface area contributed by atoms with Gasteiger partial charge >= 0.3 is 6.18 Å². The average Bonchev–Trinajstić information content (AvgIpc) is 2.58. The molecule has 2 aromatic rings. The molecule has 1 heterocycles. The first-order chi connectivity index (χ1) is 12.2. The highest BCUT2D eigenvalue weighted by atomic mass is 35.5. The van der Waals surface area contributed by atoms with E-state index in [2.05, 4.69) is 10.3 Å². The Kier molecular flexibility index (Phi) is 6.36. The molecule has 2 rings (SSSR count). The van der Waals surface area contributed by atoms with Crippen LogP contribution in [0.2, 0.25) is 5.02 Å². The second-order valence-corrected chi connectivity index (χ2v) is 5.41. The fourth-order valence-corrected chi connectivity index (χ4v) is 2.21. The molecular formula is C16H12ClF5N2O2. The monoisotopic (exact) mass is 394 g/mol. The van der Waals surface area contributed by atoms with Gasteiger partial charge in [-0.2, -0.15) is 13.2 Å². The Hall–Kier alpha value is -2.42. The van der Waals surface area contributed by atoms with E-state index in [0.717, 1.165) is 6.07 Å². The Morgan fingerprint density at radius 2 is 1.96 bits per heavy atom. The zero-order valence-electron chi connectivity index (χ0n) is 13.0. The number of alkyl halides is 5. The van der Waals surface area contributed by atoms with E-state index in [9.17, 15) is 26.7 Å². The smallest absolute Gasteiger partial charge is 0.417 e. The van der Waals surface area contributed by atoms with Crippen molar-refractivity contribution in [1.29, 1.82) is 0 Å². The summed E-state index contributed by atoms with van der Waals surface area (Å²) >= 11 is 5.67. The quantitative estimate of drug-likeness (QED) is 0.579. The molecule has 0 unspecified atom stereocenters. The van der Waals surface area contributed by atoms with Crippen LogP contribution in [0.5, 0.6) is 5.88 Å². The van der Waals surface area contributed by atoms with Crippen LogP contribution in [-0.4, -0.2) is 24.0 Å². The maximum atomic E-state index is 12.9. The molecule has 1 aromatic carbocycles. The third kappa shape index (κ3) is 5.04. The number of halogens is 6. The van der Waals surface area contributed by atoms with Crippen molar-refractivity contribution in [3.8, 4) is 5.88 Å². The van der Waals surface area contributed by atoms with E-state index in [1.54, 1.807) is 0 Å². The molecule has 0 aliphatic rings. The number of nitrogens with one attached hydrogen (secondary N) is 1. The zero-order chi connectivity index (χ0) is 19.3. The fraction of sp³-hybridized carbons (Fsp3) is 0.250. The summed E-state index contributed by atoms with van der Waals surface area (Å²) in [5.41, 5.74) is -1.60. The molecule has 0 aliphatic carbocycles. The van der Waals surface area contributed by atoms with Gasteiger partial charge in [-0.1, -0.05) is 29.8 Å². The maximum Gasteiger partial charge on any atom is 0.417 e. The lowest BCUT2D eigenvalue weighted by molar-refractivity contribution is -0.137. The molecule has 0 atom stereocenters. The van der Waals surface area contributed by atoms with Crippen LogP contribution < -0.4 is 10.1 Å². The highest BCUT2D eigenvalue weighted by molar-refractivity contribution is 6.31. The molecule has 0 radical (unpaired) electrons. The number of benzene rings is 1. The van der Waals surface area contributed by atoms with E-state index in [-0.39, 0.29) is 29.6 Å². The van der Waals surface area contributed by atoms with Crippen molar-refractivity contribution in [1.82, 2.24) is 10.3 Å². The van der Waals surface area contributed by atoms with Crippen LogP contribution in [0.25, 0.3) is 0 Å². The third-order valence-electron chi connectivity index (χ3n) is 3.20. The third-order valence-corrected chi connectivity index (χ3v) is 3.47. The van der Waals surface area contributed by atoms with E-state index in [4.69, 9.17) is 16.3 Å². The summed E-state index contributed by atoms with van der Waals surface area (Å²) in [5.74, 6) is -0.960. The molecule has 0 bridgehead atoms. The lowest BCUT2D eigenvalue weighted by Crippen LogP contribution is -2.29. The van der Waals surface area contributed by atoms with E-state index < -0.39 is 29.6 Å². The fourth-order valence-electron chi connectivity index (χ4n) is 1.99. The van der Waals surface area contributed by atoms with Crippen molar-refractivity contribution in [2.75, 3.05) is 13.2 Å². The summed E-state index contributed by atoms with van der Waals surface area (Å²) in [5, 5.41) is 2.03. The van der Waals surface area contributed by atoms with Crippen molar-refractivity contribution in [2.45, 2.75) is 12.6 Å². The molecule has 26 heavy (non-hydrogen) atoms. The minimum Gasteiger partial charge on any atom is -0.475 e. The minimum atomic E-state index is -4.58. The molecule has 0 saturated carbocycles. The molecule has 1 amide bonds. The van der Waals surface area contributed by atoms with Gasteiger partial charge in [0.25, 0.3) is 12.3 Å². The molecule has 0 spiro atoms. The predicted molar refractivity (Wildman–Crippen MR) is 83.5 cm³/mol. The summed E-state index contributed by atoms with van der Waals surface area (Å²) in [6.45, 7) is -0.254. The van der Waals surface area contributed by atoms with Gasteiger partial charge in [-0.05, 0) is 12.1 Å². The summed E-state index contributed by atoms with van der Waals surface area (Å²) < 4.78 is 68.3. The lowest BCUT2D eigenvalue weighted by Gasteiger charge is -2.12. The lowest BCUT2D eigenvalue weighted by atomic mass is 10.1. The van der Waals surface area contributed by atoms with Crippen LogP contribution in [0.15, 0.2) is 36.5 Å². The number of carbonyl (C=O) groups excluding carboxylic acids is 1. The summed E-state index contributed by atoms with van der Waals surface area (Å²) in [6, 6.07) is 5.90. The zero-order valence-corrected chi connectivity index (χ0v) is 13.7. The van der Waals surface area contributed by atoms with Crippen molar-refractivity contribution in [3.05, 3.63) is 58.2 Å². The second kappa shape index (κ2) is 8.31. The summed E-state index contributed by atoms with van der Waals surface area (Å²) in [7, 11) is 0. The molecule has 1 aromatic heterocycles. The largest absolute Gasteiger partial charge is 0.475 e. The van der Waals surface area contributed by atoms with E-state index in [0.29, 0.717) is 12.3 Å². The molecule has 4 nitrogen and oxygen atoms in total. The first-order valence-corrected chi connectivity index (χ1v) is 7.58. The number of pyridine rings is 1. The van der Waals surface area contributed by atoms with Gasteiger partial charge in [0, 0.05) is 17.3 Å². The average molecular weight is 395 g/mol. The number of ether oxygens (including phenoxy) is 1. The number of carbonyl (C=O) groups is 1. The predicted octanol–water partition coefficient (Wildman–Crippen LogP) is 4.50. The van der Waals surface area contributed by atoms with Gasteiger partial charge < -0.3 is 10.1 Å². The molecule has 0 aliphatic heterocycles. The Morgan fingerprint density at radius 3 is 2.58 bits per heavy atom. The van der Waals surface area contributed by atoms with E-state index in [1.165, 1.54) is 18.2 Å². The van der Waals surface area contributed by atoms with E-state index >= 15 is 0 Å². The highest BCUT2D eigenvalue weighted by Crippen LogP contribution is 2.33. The van der Waals surface area contributed by atoms with Crippen molar-refractivity contribution >= 4 is 17.5 Å². The number of hydrogen-bond donors (Lipinski definition) is 1. The summed E-state index contributed by atoms with van der Waals surface area (Å²) in [4.78, 5) is 15.4. The van der Waals surface area contributed by atoms with Gasteiger partial charge in [0.1, 0.15) is 11.6 Å². The molecule has 10 heteroatoms. The Bertz CT molecular complexity index is 783. The van der Waals surface area contributed by atoms with Gasteiger partial charge in [-0.25, -0.2) is 13.8 Å². The number of hydrogen-bond acceptors (Lipinski definition) is 3. The minimum absolute atomic E-state index is 0.0879. The van der Waals surface area contributed by atoms with Crippen molar-refractivity contribution in [2.24, 2.45) is 0 Å². The molecule has 140 valence electrons. The van der Waals surface area contributed by atoms with Gasteiger partial charge in [-0.15, -0.1) is 0 Å². The molecule has 1 N–H and O–H groups in total. The SMILES string of the molecule is O=C(NCCOc1ncc(C(F)(F)F)cc1Cl)c1ccccc1C(F)F. The summed E-state index contributed by atoms with van der Waals surface area (Å²) in [6.07, 6.45) is -6.82. The van der Waals surface area contributed by atoms with Crippen LogP contribution in [0.3, 0.4) is 0 Å². The van der Waals surface area contributed by atoms with Crippen LogP contribution >= 0.6 is 11.6 Å². The van der Waals surface area contributed by atoms with Crippen LogP contribution in [-0.2, 0) is 6.18 Å². The standard InChI is InChI=1S/C16H12ClF5N2O2/c17-12-7-9(16(20,21)22)8-24-15(12)26-6-5-23-14(25)11-4-2-1-3-10(11)13(18)19/h1-4,7-8,13H,5-6H2,(H,23,25). The Labute approximate surface area is 149 Å². The van der Waals surface area contributed by atoms with Gasteiger partial charge in [0.15, 0.2) is 0 Å². The van der Waals surface area contributed by atoms with Gasteiger partial charge in [-0.3, -0.25) is 4.79 Å². The first kappa shape index (κ1) is 19.9. The normalized spacial score (nSPS) is 11.5. The number of aromatic nitrogens is 1. The Morgan fingerprint density at radius 1 is 1.27 bits per heavy atom. The van der Waals surface area contributed by atoms with Gasteiger partial charge in [0.05, 0.1) is 12.1 Å². The van der Waals surface area contributed by atoms with E-state index in [1.807, 2.05) is 0 Å². The van der Waals surface area contributed by atoms with Crippen molar-refractivity contribution < 1.29 is 31.5 Å². The molecule has 0 saturated heterocycles. The first-order valence-electron chi connectivity index (χ1n) is 7.21. The Balaban J connectivity index is 1.90. The topological polar surface area (TPSA) is 51.2 Å². The number of nitrogens with zero attached hydrogens (tertiary/aromatic N) is 1. The maximum absolute atomic E-state index is 12.9. The molecular weight excluding hydrogens is 383 g/mol. The number of amides is 1. The van der Waals surface area contributed by atoms with Crippen LogP contribution in [0.1, 0.15) is 27.9 Å². The van der Waals surface area contributed by atoms with Crippen LogP contribution in [0.4, 0.5) is 22.0 Å². The molecule has 0 fully saturated rings. The second-order valence-electron chi connectivity index (χ2n) is 5.00. The van der Waals surface area contributed by atoms with Crippen LogP contribution in [0, 0.1) is 0 Å². The van der Waals surface area contributed by atoms with Gasteiger partial charge in [0.2, 0.25) is 5.88 Å². The number of rotatable bonds is 6. The highest BCUT2D eigenvalue weighted by Gasteiger charge is 2.31.